The van der Waals surface area contributed by atoms with Crippen LogP contribution in [0.2, 0.25) is 5.02 Å². The van der Waals surface area contributed by atoms with Crippen LogP contribution in [0.5, 0.6) is 11.5 Å². The van der Waals surface area contributed by atoms with Gasteiger partial charge in [-0.25, -0.2) is 0 Å². The lowest BCUT2D eigenvalue weighted by atomic mass is 9.97. The van der Waals surface area contributed by atoms with E-state index in [2.05, 4.69) is 19.2 Å². The molecule has 4 heteroatoms. The maximum atomic E-state index is 6.45. The molecule has 0 spiro atoms. The molecule has 3 nitrogen and oxygen atoms in total. The number of nitrogens with one attached hydrogen (secondary N) is 1. The molecular formula is C17H28ClNO2. The predicted molar refractivity (Wildman–Crippen MR) is 89.7 cm³/mol. The fraction of sp³-hybridized carbons (Fsp3) is 0.647. The molecule has 0 radical (unpaired) electrons. The topological polar surface area (TPSA) is 30.5 Å². The quantitative estimate of drug-likeness (QED) is 0.708. The molecule has 1 N–H and O–H groups in total. The molecule has 0 heterocycles. The Labute approximate surface area is 134 Å². The maximum absolute atomic E-state index is 6.45. The fourth-order valence-electron chi connectivity index (χ4n) is 2.31. The van der Waals surface area contributed by atoms with Gasteiger partial charge < -0.3 is 14.8 Å². The smallest absolute Gasteiger partial charge is 0.162 e. The minimum absolute atomic E-state index is 0.231. The first-order valence-electron chi connectivity index (χ1n) is 7.79. The standard InChI is InChI=1S/C17H28ClNO2/c1-6-20-16-10-13(14(18)11-17(16)21-7-2)15(19-5)9-8-12(3)4/h10-12,15,19H,6-9H2,1-5H3. The Hall–Kier alpha value is -0.930. The Morgan fingerprint density at radius 2 is 1.62 bits per heavy atom. The van der Waals surface area contributed by atoms with Gasteiger partial charge in [0.15, 0.2) is 11.5 Å². The molecule has 0 saturated carbocycles. The zero-order valence-electron chi connectivity index (χ0n) is 13.8. The molecular weight excluding hydrogens is 286 g/mol. The van der Waals surface area contributed by atoms with E-state index in [1.807, 2.05) is 33.0 Å². The van der Waals surface area contributed by atoms with Crippen molar-refractivity contribution in [2.45, 2.75) is 46.6 Å². The molecule has 1 aromatic carbocycles. The summed E-state index contributed by atoms with van der Waals surface area (Å²) >= 11 is 6.45. The number of benzene rings is 1. The van der Waals surface area contributed by atoms with E-state index in [-0.39, 0.29) is 6.04 Å². The highest BCUT2D eigenvalue weighted by Crippen LogP contribution is 2.37. The molecule has 0 aliphatic heterocycles. The summed E-state index contributed by atoms with van der Waals surface area (Å²) in [6, 6.07) is 4.11. The SMILES string of the molecule is CCOc1cc(Cl)c(C(CCC(C)C)NC)cc1OCC. The Balaban J connectivity index is 3.06. The van der Waals surface area contributed by atoms with Gasteiger partial charge in [0, 0.05) is 17.1 Å². The van der Waals surface area contributed by atoms with Gasteiger partial charge in [0.1, 0.15) is 0 Å². The van der Waals surface area contributed by atoms with E-state index >= 15 is 0 Å². The van der Waals surface area contributed by atoms with Gasteiger partial charge in [-0.2, -0.15) is 0 Å². The normalized spacial score (nSPS) is 12.5. The summed E-state index contributed by atoms with van der Waals surface area (Å²) in [6.07, 6.45) is 2.20. The fourth-order valence-corrected chi connectivity index (χ4v) is 2.60. The van der Waals surface area contributed by atoms with Crippen LogP contribution in [-0.2, 0) is 0 Å². The minimum atomic E-state index is 0.231. The molecule has 0 amide bonds. The second-order valence-electron chi connectivity index (χ2n) is 5.50. The summed E-state index contributed by atoms with van der Waals surface area (Å²) in [4.78, 5) is 0. The summed E-state index contributed by atoms with van der Waals surface area (Å²) in [7, 11) is 1.97. The summed E-state index contributed by atoms with van der Waals surface area (Å²) in [5, 5.41) is 4.08. The van der Waals surface area contributed by atoms with Crippen molar-refractivity contribution in [3.05, 3.63) is 22.7 Å². The number of rotatable bonds is 9. The van der Waals surface area contributed by atoms with Crippen LogP contribution < -0.4 is 14.8 Å². The highest BCUT2D eigenvalue weighted by Gasteiger charge is 2.18. The van der Waals surface area contributed by atoms with E-state index in [0.717, 1.165) is 29.2 Å². The van der Waals surface area contributed by atoms with Crippen molar-refractivity contribution in [3.8, 4) is 11.5 Å². The van der Waals surface area contributed by atoms with Crippen molar-refractivity contribution in [1.82, 2.24) is 5.32 Å². The predicted octanol–water partition coefficient (Wildman–Crippen LogP) is 4.83. The molecule has 0 aliphatic carbocycles. The van der Waals surface area contributed by atoms with Crippen LogP contribution in [0.1, 0.15) is 52.1 Å². The number of ether oxygens (including phenoxy) is 2. The van der Waals surface area contributed by atoms with Crippen molar-refractivity contribution < 1.29 is 9.47 Å². The van der Waals surface area contributed by atoms with Gasteiger partial charge in [-0.3, -0.25) is 0 Å². The molecule has 1 aromatic rings. The maximum Gasteiger partial charge on any atom is 0.162 e. The molecule has 0 saturated heterocycles. The van der Waals surface area contributed by atoms with Crippen LogP contribution >= 0.6 is 11.6 Å². The average Bonchev–Trinajstić information content (AvgIpc) is 2.43. The monoisotopic (exact) mass is 313 g/mol. The van der Waals surface area contributed by atoms with Gasteiger partial charge in [-0.15, -0.1) is 0 Å². The highest BCUT2D eigenvalue weighted by atomic mass is 35.5. The van der Waals surface area contributed by atoms with E-state index in [4.69, 9.17) is 21.1 Å². The summed E-state index contributed by atoms with van der Waals surface area (Å²) < 4.78 is 11.3. The van der Waals surface area contributed by atoms with E-state index < -0.39 is 0 Å². The van der Waals surface area contributed by atoms with Gasteiger partial charge in [0.25, 0.3) is 0 Å². The average molecular weight is 314 g/mol. The zero-order chi connectivity index (χ0) is 15.8. The van der Waals surface area contributed by atoms with Crippen molar-refractivity contribution >= 4 is 11.6 Å². The van der Waals surface area contributed by atoms with Gasteiger partial charge in [-0.1, -0.05) is 25.4 Å². The van der Waals surface area contributed by atoms with Crippen molar-refractivity contribution in [3.63, 3.8) is 0 Å². The third kappa shape index (κ3) is 5.40. The molecule has 0 fully saturated rings. The van der Waals surface area contributed by atoms with E-state index in [0.29, 0.717) is 24.9 Å². The minimum Gasteiger partial charge on any atom is -0.490 e. The molecule has 0 aliphatic rings. The van der Waals surface area contributed by atoms with Crippen LogP contribution in [-0.4, -0.2) is 20.3 Å². The Morgan fingerprint density at radius 1 is 1.05 bits per heavy atom. The summed E-state index contributed by atoms with van der Waals surface area (Å²) in [5.74, 6) is 2.16. The second-order valence-corrected chi connectivity index (χ2v) is 5.91. The largest absolute Gasteiger partial charge is 0.490 e. The molecule has 21 heavy (non-hydrogen) atoms. The molecule has 1 rings (SSSR count). The van der Waals surface area contributed by atoms with Crippen LogP contribution in [0, 0.1) is 5.92 Å². The van der Waals surface area contributed by atoms with Gasteiger partial charge in [-0.05, 0) is 51.3 Å². The van der Waals surface area contributed by atoms with Crippen LogP contribution in [0.3, 0.4) is 0 Å². The Morgan fingerprint density at radius 3 is 2.10 bits per heavy atom. The lowest BCUT2D eigenvalue weighted by Crippen LogP contribution is -2.17. The lowest BCUT2D eigenvalue weighted by molar-refractivity contribution is 0.287. The molecule has 0 bridgehead atoms. The molecule has 1 atom stereocenters. The van der Waals surface area contributed by atoms with E-state index in [9.17, 15) is 0 Å². The molecule has 1 unspecified atom stereocenters. The first-order chi connectivity index (χ1) is 10.0. The van der Waals surface area contributed by atoms with E-state index in [1.54, 1.807) is 0 Å². The lowest BCUT2D eigenvalue weighted by Gasteiger charge is -2.21. The Kier molecular flexibility index (Phi) is 7.91. The third-order valence-electron chi connectivity index (χ3n) is 3.42. The van der Waals surface area contributed by atoms with Crippen molar-refractivity contribution in [2.24, 2.45) is 5.92 Å². The van der Waals surface area contributed by atoms with Crippen LogP contribution in [0.4, 0.5) is 0 Å². The van der Waals surface area contributed by atoms with Gasteiger partial charge in [0.2, 0.25) is 0 Å². The molecule has 0 aromatic heterocycles. The van der Waals surface area contributed by atoms with Crippen LogP contribution in [0.15, 0.2) is 12.1 Å². The summed E-state index contributed by atoms with van der Waals surface area (Å²) in [5.41, 5.74) is 1.08. The zero-order valence-corrected chi connectivity index (χ0v) is 14.6. The third-order valence-corrected chi connectivity index (χ3v) is 3.75. The summed E-state index contributed by atoms with van der Waals surface area (Å²) in [6.45, 7) is 9.60. The van der Waals surface area contributed by atoms with Gasteiger partial charge in [0.05, 0.1) is 13.2 Å². The number of hydrogen-bond acceptors (Lipinski definition) is 3. The second kappa shape index (κ2) is 9.16. The van der Waals surface area contributed by atoms with Crippen molar-refractivity contribution in [2.75, 3.05) is 20.3 Å². The molecule has 120 valence electrons. The van der Waals surface area contributed by atoms with Crippen LogP contribution in [0.25, 0.3) is 0 Å². The number of hydrogen-bond donors (Lipinski definition) is 1. The Bertz CT molecular complexity index is 435. The number of halogens is 1. The van der Waals surface area contributed by atoms with Gasteiger partial charge >= 0.3 is 0 Å². The first kappa shape index (κ1) is 18.1. The van der Waals surface area contributed by atoms with Crippen molar-refractivity contribution in [1.29, 1.82) is 0 Å². The van der Waals surface area contributed by atoms with E-state index in [1.165, 1.54) is 0 Å². The first-order valence-corrected chi connectivity index (χ1v) is 8.17. The highest BCUT2D eigenvalue weighted by molar-refractivity contribution is 6.31.